The Balaban J connectivity index is 0.000000153. The predicted molar refractivity (Wildman–Crippen MR) is 153 cm³/mol. The second-order valence-corrected chi connectivity index (χ2v) is 8.79. The van der Waals surface area contributed by atoms with Crippen LogP contribution in [-0.2, 0) is 0 Å². The molecule has 0 amide bonds. The van der Waals surface area contributed by atoms with Crippen molar-refractivity contribution in [1.29, 1.82) is 0 Å². The normalized spacial score (nSPS) is 15.6. The van der Waals surface area contributed by atoms with Crippen LogP contribution >= 0.6 is 0 Å². The van der Waals surface area contributed by atoms with Gasteiger partial charge < -0.3 is 0 Å². The van der Waals surface area contributed by atoms with Crippen LogP contribution in [0.3, 0.4) is 0 Å². The van der Waals surface area contributed by atoms with Gasteiger partial charge in [0.15, 0.2) is 0 Å². The smallest absolute Gasteiger partial charge is 0.0169 e. The molecule has 0 N–H and O–H groups in total. The molecule has 3 aromatic carbocycles. The maximum atomic E-state index is 2.27. The van der Waals surface area contributed by atoms with Crippen molar-refractivity contribution in [3.05, 3.63) is 121 Å². The first kappa shape index (κ1) is 27.4. The fourth-order valence-electron chi connectivity index (χ4n) is 3.88. The molecule has 0 saturated heterocycles. The Kier molecular flexibility index (Phi) is 16.7. The van der Waals surface area contributed by atoms with Crippen molar-refractivity contribution in [1.82, 2.24) is 0 Å². The van der Waals surface area contributed by atoms with Gasteiger partial charge in [-0.2, -0.15) is 0 Å². The molecule has 1 saturated carbocycles. The van der Waals surface area contributed by atoms with Gasteiger partial charge >= 0.3 is 0 Å². The van der Waals surface area contributed by atoms with Gasteiger partial charge in [0.05, 0.1) is 0 Å². The summed E-state index contributed by atoms with van der Waals surface area (Å²) >= 11 is 0. The number of allylic oxidation sites excluding steroid dienone is 6. The van der Waals surface area contributed by atoms with Crippen LogP contribution in [0.1, 0.15) is 77.0 Å². The van der Waals surface area contributed by atoms with Crippen LogP contribution in [0.25, 0.3) is 10.8 Å². The van der Waals surface area contributed by atoms with E-state index in [1.165, 1.54) is 75.0 Å². The van der Waals surface area contributed by atoms with Gasteiger partial charge in [0.25, 0.3) is 0 Å². The van der Waals surface area contributed by atoms with Gasteiger partial charge in [-0.05, 0) is 49.3 Å². The molecular weight excluding hydrogens is 408 g/mol. The van der Waals surface area contributed by atoms with E-state index in [9.17, 15) is 0 Å². The standard InChI is InChI=1S/C10H8.C6H12.C6H10.C6H8.C6H6/c1-2-6-10-8-4-3-7-9(10)5-1;4*1-2-4-6-5-3-1/h1-8H;1-6H2;1-2H,3-6H2;1-2,5-6H,3-4H2;1-6H. The summed E-state index contributed by atoms with van der Waals surface area (Å²) in [4.78, 5) is 0. The maximum absolute atomic E-state index is 2.27. The molecule has 6 rings (SSSR count). The first-order chi connectivity index (χ1) is 17.0. The molecule has 3 aromatic rings. The van der Waals surface area contributed by atoms with Crippen molar-refractivity contribution in [2.24, 2.45) is 0 Å². The van der Waals surface area contributed by atoms with Crippen LogP contribution in [0.2, 0.25) is 0 Å². The Morgan fingerprint density at radius 2 is 0.588 bits per heavy atom. The lowest BCUT2D eigenvalue weighted by Gasteiger charge is -2.05. The van der Waals surface area contributed by atoms with Crippen LogP contribution in [-0.4, -0.2) is 0 Å². The second-order valence-electron chi connectivity index (χ2n) is 8.79. The molecule has 34 heavy (non-hydrogen) atoms. The molecule has 0 heterocycles. The summed E-state index contributed by atoms with van der Waals surface area (Å²) in [5, 5.41) is 2.62. The first-order valence-corrected chi connectivity index (χ1v) is 13.4. The highest BCUT2D eigenvalue weighted by molar-refractivity contribution is 5.82. The number of hydrogen-bond donors (Lipinski definition) is 0. The summed E-state index contributed by atoms with van der Waals surface area (Å²) in [6, 6.07) is 28.7. The third-order valence-corrected chi connectivity index (χ3v) is 5.86. The van der Waals surface area contributed by atoms with Gasteiger partial charge in [-0.1, -0.05) is 160 Å². The van der Waals surface area contributed by atoms with Gasteiger partial charge in [-0.15, -0.1) is 0 Å². The highest BCUT2D eigenvalue weighted by Crippen LogP contribution is 2.15. The Labute approximate surface area is 209 Å². The molecule has 0 aliphatic heterocycles. The molecule has 0 nitrogen and oxygen atoms in total. The molecule has 180 valence electrons. The summed E-state index contributed by atoms with van der Waals surface area (Å²) < 4.78 is 0. The van der Waals surface area contributed by atoms with E-state index in [-0.39, 0.29) is 0 Å². The number of benzene rings is 3. The molecule has 0 atom stereocenters. The molecule has 3 aliphatic rings. The summed E-state index contributed by atoms with van der Waals surface area (Å²) in [6.07, 6.45) is 30.0. The summed E-state index contributed by atoms with van der Waals surface area (Å²) in [6.45, 7) is 0. The Morgan fingerprint density at radius 1 is 0.294 bits per heavy atom. The van der Waals surface area contributed by atoms with E-state index in [2.05, 4.69) is 85.0 Å². The molecule has 0 spiro atoms. The van der Waals surface area contributed by atoms with E-state index in [0.29, 0.717) is 0 Å². The van der Waals surface area contributed by atoms with Crippen LogP contribution in [0.4, 0.5) is 0 Å². The molecule has 0 aromatic heterocycles. The van der Waals surface area contributed by atoms with Crippen molar-refractivity contribution in [2.75, 3.05) is 0 Å². The van der Waals surface area contributed by atoms with E-state index in [1.54, 1.807) is 0 Å². The van der Waals surface area contributed by atoms with Gasteiger partial charge in [0, 0.05) is 0 Å². The zero-order valence-corrected chi connectivity index (χ0v) is 21.0. The average molecular weight is 453 g/mol. The van der Waals surface area contributed by atoms with Gasteiger partial charge in [-0.25, -0.2) is 0 Å². The molecule has 1 fully saturated rings. The summed E-state index contributed by atoms with van der Waals surface area (Å²) in [5.74, 6) is 0. The van der Waals surface area contributed by atoms with Gasteiger partial charge in [-0.3, -0.25) is 0 Å². The molecule has 0 heteroatoms. The van der Waals surface area contributed by atoms with Gasteiger partial charge in [0.1, 0.15) is 0 Å². The largest absolute Gasteiger partial charge is 0.0885 e. The number of fused-ring (bicyclic) bond motifs is 1. The molecule has 0 radical (unpaired) electrons. The van der Waals surface area contributed by atoms with Crippen molar-refractivity contribution in [2.45, 2.75) is 77.0 Å². The van der Waals surface area contributed by atoms with Gasteiger partial charge in [0.2, 0.25) is 0 Å². The lowest BCUT2D eigenvalue weighted by Crippen LogP contribution is -1.85. The van der Waals surface area contributed by atoms with E-state index < -0.39 is 0 Å². The van der Waals surface area contributed by atoms with Crippen LogP contribution in [0.5, 0.6) is 0 Å². The topological polar surface area (TPSA) is 0 Å². The highest BCUT2D eigenvalue weighted by Gasteiger charge is 1.95. The second kappa shape index (κ2) is 20.7. The van der Waals surface area contributed by atoms with Crippen LogP contribution in [0, 0.1) is 0 Å². The quantitative estimate of drug-likeness (QED) is 0.297. The first-order valence-electron chi connectivity index (χ1n) is 13.4. The molecule has 0 bridgehead atoms. The third-order valence-electron chi connectivity index (χ3n) is 5.86. The van der Waals surface area contributed by atoms with Crippen molar-refractivity contribution in [3.63, 3.8) is 0 Å². The Bertz CT molecular complexity index is 778. The van der Waals surface area contributed by atoms with Crippen LogP contribution < -0.4 is 0 Å². The average Bonchev–Trinajstić information content (AvgIpc) is 2.98. The maximum Gasteiger partial charge on any atom is -0.0169 e. The van der Waals surface area contributed by atoms with Crippen molar-refractivity contribution >= 4 is 10.8 Å². The van der Waals surface area contributed by atoms with Crippen LogP contribution in [0.15, 0.2) is 121 Å². The minimum Gasteiger partial charge on any atom is -0.0885 e. The predicted octanol–water partition coefficient (Wildman–Crippen LogP) is 10.9. The Morgan fingerprint density at radius 3 is 0.794 bits per heavy atom. The monoisotopic (exact) mass is 452 g/mol. The molecular formula is C34H44. The SMILES string of the molecule is C1=CCC=CC1.C1=CCCCC1.C1CCCCC1.c1ccc2ccccc2c1.c1ccccc1. The highest BCUT2D eigenvalue weighted by atomic mass is 14.0. The summed E-state index contributed by atoms with van der Waals surface area (Å²) in [7, 11) is 0. The lowest BCUT2D eigenvalue weighted by atomic mass is 10.0. The van der Waals surface area contributed by atoms with Crippen molar-refractivity contribution < 1.29 is 0 Å². The molecule has 3 aliphatic carbocycles. The van der Waals surface area contributed by atoms with Crippen molar-refractivity contribution in [3.8, 4) is 0 Å². The minimum absolute atomic E-state index is 1.14. The lowest BCUT2D eigenvalue weighted by molar-refractivity contribution is 0.504. The molecule has 0 unspecified atom stereocenters. The minimum atomic E-state index is 1.14. The summed E-state index contributed by atoms with van der Waals surface area (Å²) in [5.41, 5.74) is 0. The van der Waals surface area contributed by atoms with E-state index in [0.717, 1.165) is 12.8 Å². The number of rotatable bonds is 0. The fraction of sp³-hybridized carbons (Fsp3) is 0.353. The van der Waals surface area contributed by atoms with E-state index >= 15 is 0 Å². The fourth-order valence-corrected chi connectivity index (χ4v) is 3.88. The Hall–Kier alpha value is -2.86. The third kappa shape index (κ3) is 15.1. The zero-order chi connectivity index (χ0) is 23.8. The van der Waals surface area contributed by atoms with E-state index in [1.807, 2.05) is 36.4 Å². The zero-order valence-electron chi connectivity index (χ0n) is 21.0. The number of hydrogen-bond acceptors (Lipinski definition) is 0. The van der Waals surface area contributed by atoms with E-state index in [4.69, 9.17) is 0 Å².